The Hall–Kier alpha value is -1.15. The van der Waals surface area contributed by atoms with Gasteiger partial charge in [0.25, 0.3) is 0 Å². The molecule has 0 N–H and O–H groups in total. The minimum Gasteiger partial charge on any atom is -0.458 e. The van der Waals surface area contributed by atoms with Gasteiger partial charge < -0.3 is 4.74 Å². The Kier molecular flexibility index (Phi) is 4.23. The summed E-state index contributed by atoms with van der Waals surface area (Å²) in [7, 11) is 0. The SMILES string of the molecule is CC(C)(C)OC(=O)C(N=C=O)C(C)(C)C. The van der Waals surface area contributed by atoms with E-state index in [1.165, 1.54) is 6.08 Å². The lowest BCUT2D eigenvalue weighted by Gasteiger charge is -2.28. The number of aliphatic imine (C=N–C) groups is 1. The number of hydrogen-bond donors (Lipinski definition) is 0. The van der Waals surface area contributed by atoms with Crippen molar-refractivity contribution in [2.75, 3.05) is 0 Å². The normalized spacial score (nSPS) is 14.0. The van der Waals surface area contributed by atoms with Crippen LogP contribution in [0, 0.1) is 5.41 Å². The van der Waals surface area contributed by atoms with Crippen LogP contribution in [0.3, 0.4) is 0 Å². The van der Waals surface area contributed by atoms with Crippen molar-refractivity contribution >= 4 is 12.0 Å². The second-order valence-electron chi connectivity index (χ2n) is 5.52. The van der Waals surface area contributed by atoms with Gasteiger partial charge in [0, 0.05) is 0 Å². The molecule has 0 rings (SSSR count). The van der Waals surface area contributed by atoms with Gasteiger partial charge >= 0.3 is 5.97 Å². The van der Waals surface area contributed by atoms with E-state index in [1.807, 2.05) is 20.8 Å². The monoisotopic (exact) mass is 213 g/mol. The molecule has 0 heterocycles. The molecule has 0 aromatic heterocycles. The Bertz CT molecular complexity index is 277. The number of carbonyl (C=O) groups excluding carboxylic acids is 2. The van der Waals surface area contributed by atoms with Crippen molar-refractivity contribution in [3.63, 3.8) is 0 Å². The molecule has 0 spiro atoms. The van der Waals surface area contributed by atoms with Gasteiger partial charge in [-0.3, -0.25) is 0 Å². The fraction of sp³-hybridized carbons (Fsp3) is 0.818. The van der Waals surface area contributed by atoms with E-state index in [1.54, 1.807) is 20.8 Å². The van der Waals surface area contributed by atoms with E-state index in [-0.39, 0.29) is 0 Å². The van der Waals surface area contributed by atoms with Crippen LogP contribution in [0.1, 0.15) is 41.5 Å². The summed E-state index contributed by atoms with van der Waals surface area (Å²) >= 11 is 0. The van der Waals surface area contributed by atoms with Crippen molar-refractivity contribution < 1.29 is 14.3 Å². The summed E-state index contributed by atoms with van der Waals surface area (Å²) in [6, 6.07) is -0.797. The molecule has 0 saturated heterocycles. The zero-order valence-corrected chi connectivity index (χ0v) is 10.2. The Morgan fingerprint density at radius 1 is 1.20 bits per heavy atom. The molecule has 0 saturated carbocycles. The number of rotatable bonds is 2. The van der Waals surface area contributed by atoms with Crippen LogP contribution in [0.4, 0.5) is 0 Å². The van der Waals surface area contributed by atoms with Crippen LogP contribution in [0.25, 0.3) is 0 Å². The predicted molar refractivity (Wildman–Crippen MR) is 57.2 cm³/mol. The number of esters is 1. The molecule has 86 valence electrons. The third-order valence-electron chi connectivity index (χ3n) is 1.63. The van der Waals surface area contributed by atoms with E-state index in [9.17, 15) is 9.59 Å². The van der Waals surface area contributed by atoms with Crippen molar-refractivity contribution in [1.82, 2.24) is 0 Å². The van der Waals surface area contributed by atoms with Crippen molar-refractivity contribution in [1.29, 1.82) is 0 Å². The molecule has 0 aliphatic carbocycles. The van der Waals surface area contributed by atoms with Gasteiger partial charge in [-0.25, -0.2) is 9.59 Å². The number of ether oxygens (including phenoxy) is 1. The van der Waals surface area contributed by atoms with Crippen LogP contribution >= 0.6 is 0 Å². The van der Waals surface area contributed by atoms with E-state index in [4.69, 9.17) is 4.74 Å². The number of hydrogen-bond acceptors (Lipinski definition) is 4. The van der Waals surface area contributed by atoms with Gasteiger partial charge in [-0.15, -0.1) is 0 Å². The van der Waals surface area contributed by atoms with E-state index in [2.05, 4.69) is 4.99 Å². The molecule has 4 nitrogen and oxygen atoms in total. The van der Waals surface area contributed by atoms with E-state index >= 15 is 0 Å². The first kappa shape index (κ1) is 13.8. The summed E-state index contributed by atoms with van der Waals surface area (Å²) in [5, 5.41) is 0. The maximum atomic E-state index is 11.7. The van der Waals surface area contributed by atoms with Crippen LogP contribution in [0.2, 0.25) is 0 Å². The average molecular weight is 213 g/mol. The average Bonchev–Trinajstić information content (AvgIpc) is 1.93. The number of isocyanates is 1. The largest absolute Gasteiger partial charge is 0.458 e. The van der Waals surface area contributed by atoms with Crippen molar-refractivity contribution in [2.45, 2.75) is 53.2 Å². The van der Waals surface area contributed by atoms with Crippen LogP contribution in [0.5, 0.6) is 0 Å². The summed E-state index contributed by atoms with van der Waals surface area (Å²) in [5.41, 5.74) is -1.02. The first-order valence-corrected chi connectivity index (χ1v) is 4.88. The molecule has 4 heteroatoms. The summed E-state index contributed by atoms with van der Waals surface area (Å²) in [6.07, 6.45) is 1.42. The topological polar surface area (TPSA) is 55.7 Å². The highest BCUT2D eigenvalue weighted by atomic mass is 16.6. The highest BCUT2D eigenvalue weighted by molar-refractivity contribution is 5.78. The maximum absolute atomic E-state index is 11.7. The summed E-state index contributed by atoms with van der Waals surface area (Å²) < 4.78 is 5.17. The Morgan fingerprint density at radius 2 is 1.67 bits per heavy atom. The van der Waals surface area contributed by atoms with Gasteiger partial charge in [0.2, 0.25) is 6.08 Å². The highest BCUT2D eigenvalue weighted by Gasteiger charge is 2.34. The van der Waals surface area contributed by atoms with Crippen LogP contribution in [0.15, 0.2) is 4.99 Å². The molecule has 15 heavy (non-hydrogen) atoms. The predicted octanol–water partition coefficient (Wildman–Crippen LogP) is 2.08. The molecule has 0 radical (unpaired) electrons. The first-order valence-electron chi connectivity index (χ1n) is 4.88. The summed E-state index contributed by atoms with van der Waals surface area (Å²) in [6.45, 7) is 10.8. The molecule has 0 bridgehead atoms. The minimum absolute atomic E-state index is 0.445. The Morgan fingerprint density at radius 3 is 1.93 bits per heavy atom. The third kappa shape index (κ3) is 5.33. The molecule has 0 aromatic carbocycles. The quantitative estimate of drug-likeness (QED) is 0.401. The first-order chi connectivity index (χ1) is 6.58. The van der Waals surface area contributed by atoms with Gasteiger partial charge in [0.05, 0.1) is 0 Å². The van der Waals surface area contributed by atoms with Crippen molar-refractivity contribution in [2.24, 2.45) is 10.4 Å². The van der Waals surface area contributed by atoms with Crippen LogP contribution < -0.4 is 0 Å². The standard InChI is InChI=1S/C11H19NO3/c1-10(2,3)8(12-7-13)9(14)15-11(4,5)6/h8H,1-6H3. The molecule has 1 unspecified atom stereocenters. The summed E-state index contributed by atoms with van der Waals surface area (Å²) in [4.78, 5) is 25.4. The van der Waals surface area contributed by atoms with Crippen molar-refractivity contribution in [3.05, 3.63) is 0 Å². The zero-order valence-electron chi connectivity index (χ0n) is 10.2. The van der Waals surface area contributed by atoms with Crippen molar-refractivity contribution in [3.8, 4) is 0 Å². The fourth-order valence-electron chi connectivity index (χ4n) is 1.01. The molecular weight excluding hydrogens is 194 g/mol. The fourth-order valence-corrected chi connectivity index (χ4v) is 1.01. The summed E-state index contributed by atoms with van der Waals surface area (Å²) in [5.74, 6) is -0.488. The molecule has 0 aliphatic rings. The van der Waals surface area contributed by atoms with Gasteiger partial charge in [-0.1, -0.05) is 20.8 Å². The molecule has 0 aromatic rings. The molecule has 1 atom stereocenters. The molecular formula is C11H19NO3. The third-order valence-corrected chi connectivity index (χ3v) is 1.63. The molecule has 0 aliphatic heterocycles. The maximum Gasteiger partial charge on any atom is 0.332 e. The lowest BCUT2D eigenvalue weighted by Crippen LogP contribution is -2.38. The minimum atomic E-state index is -0.797. The lowest BCUT2D eigenvalue weighted by molar-refractivity contribution is -0.159. The number of carbonyl (C=O) groups is 1. The van der Waals surface area contributed by atoms with Gasteiger partial charge in [0.15, 0.2) is 6.04 Å². The van der Waals surface area contributed by atoms with Crippen LogP contribution in [-0.2, 0) is 14.3 Å². The Balaban J connectivity index is 4.81. The second kappa shape index (κ2) is 4.58. The van der Waals surface area contributed by atoms with E-state index in [0.29, 0.717) is 0 Å². The highest BCUT2D eigenvalue weighted by Crippen LogP contribution is 2.24. The number of nitrogens with zero attached hydrogens (tertiary/aromatic N) is 1. The lowest BCUT2D eigenvalue weighted by atomic mass is 9.87. The zero-order chi connectivity index (χ0) is 12.3. The second-order valence-corrected chi connectivity index (χ2v) is 5.52. The molecule has 0 fully saturated rings. The van der Waals surface area contributed by atoms with Gasteiger partial charge in [-0.05, 0) is 26.2 Å². The van der Waals surface area contributed by atoms with E-state index < -0.39 is 23.0 Å². The Labute approximate surface area is 90.7 Å². The molecule has 0 amide bonds. The van der Waals surface area contributed by atoms with Gasteiger partial charge in [-0.2, -0.15) is 4.99 Å². The smallest absolute Gasteiger partial charge is 0.332 e. The van der Waals surface area contributed by atoms with E-state index in [0.717, 1.165) is 0 Å². The van der Waals surface area contributed by atoms with Gasteiger partial charge in [0.1, 0.15) is 5.60 Å². The van der Waals surface area contributed by atoms with Crippen LogP contribution in [-0.4, -0.2) is 23.7 Å².